The molecule has 0 N–H and O–H groups in total. The van der Waals surface area contributed by atoms with Crippen molar-refractivity contribution < 1.29 is 8.78 Å². The fraction of sp³-hybridized carbons (Fsp3) is 0.0455. The average molecular weight is 375 g/mol. The Morgan fingerprint density at radius 3 is 2.36 bits per heavy atom. The molecular weight excluding hydrogens is 360 g/mol. The highest BCUT2D eigenvalue weighted by Gasteiger charge is 2.08. The zero-order valence-corrected chi connectivity index (χ0v) is 14.7. The van der Waals surface area contributed by atoms with Gasteiger partial charge in [0.05, 0.1) is 17.9 Å². The lowest BCUT2D eigenvalue weighted by molar-refractivity contribution is 0.583. The van der Waals surface area contributed by atoms with Crippen LogP contribution in [0.3, 0.4) is 0 Å². The Bertz CT molecular complexity index is 1170. The number of benzene rings is 2. The maximum Gasteiger partial charge on any atom is 0.267 e. The Morgan fingerprint density at radius 2 is 1.61 bits per heavy atom. The Balaban J connectivity index is 1.68. The van der Waals surface area contributed by atoms with Crippen LogP contribution in [-0.2, 0) is 6.54 Å². The van der Waals surface area contributed by atoms with Gasteiger partial charge >= 0.3 is 0 Å². The molecule has 0 aliphatic heterocycles. The summed E-state index contributed by atoms with van der Waals surface area (Å²) in [4.78, 5) is 16.6. The fourth-order valence-corrected chi connectivity index (χ4v) is 2.95. The van der Waals surface area contributed by atoms with Gasteiger partial charge in [-0.25, -0.2) is 13.5 Å². The first kappa shape index (κ1) is 17.7. The van der Waals surface area contributed by atoms with Gasteiger partial charge in [0.1, 0.15) is 11.6 Å². The Kier molecular flexibility index (Phi) is 4.76. The smallest absolute Gasteiger partial charge is 0.267 e. The van der Waals surface area contributed by atoms with Crippen LogP contribution in [0.15, 0.2) is 83.8 Å². The topological polar surface area (TPSA) is 47.8 Å². The van der Waals surface area contributed by atoms with E-state index in [0.717, 1.165) is 22.9 Å². The number of nitrogens with zero attached hydrogens (tertiary/aromatic N) is 3. The summed E-state index contributed by atoms with van der Waals surface area (Å²) in [6.07, 6.45) is 1.72. The molecule has 0 saturated heterocycles. The molecule has 0 spiro atoms. The highest BCUT2D eigenvalue weighted by molar-refractivity contribution is 5.60. The number of hydrogen-bond acceptors (Lipinski definition) is 3. The summed E-state index contributed by atoms with van der Waals surface area (Å²) in [5, 5.41) is 4.28. The van der Waals surface area contributed by atoms with Crippen molar-refractivity contribution in [2.75, 3.05) is 0 Å². The van der Waals surface area contributed by atoms with Crippen molar-refractivity contribution >= 4 is 0 Å². The molecule has 4 aromatic rings. The Labute approximate surface area is 159 Å². The largest absolute Gasteiger partial charge is 0.268 e. The minimum absolute atomic E-state index is 0.227. The van der Waals surface area contributed by atoms with E-state index in [1.807, 2.05) is 42.5 Å². The van der Waals surface area contributed by atoms with E-state index in [1.165, 1.54) is 28.9 Å². The van der Waals surface area contributed by atoms with Gasteiger partial charge in [0.25, 0.3) is 5.56 Å². The van der Waals surface area contributed by atoms with Crippen molar-refractivity contribution in [2.45, 2.75) is 6.54 Å². The molecule has 0 amide bonds. The van der Waals surface area contributed by atoms with Crippen LogP contribution in [0.1, 0.15) is 5.56 Å². The summed E-state index contributed by atoms with van der Waals surface area (Å²) in [5.74, 6) is -1.39. The van der Waals surface area contributed by atoms with E-state index in [1.54, 1.807) is 6.20 Å². The number of hydrogen-bond donors (Lipinski definition) is 0. The third-order valence-electron chi connectivity index (χ3n) is 4.24. The first-order valence-electron chi connectivity index (χ1n) is 8.63. The van der Waals surface area contributed by atoms with E-state index in [0.29, 0.717) is 5.69 Å². The summed E-state index contributed by atoms with van der Waals surface area (Å²) < 4.78 is 28.3. The normalized spacial score (nSPS) is 10.8. The zero-order chi connectivity index (χ0) is 19.5. The lowest BCUT2D eigenvalue weighted by Crippen LogP contribution is -2.22. The van der Waals surface area contributed by atoms with Gasteiger partial charge in [0.2, 0.25) is 0 Å². The summed E-state index contributed by atoms with van der Waals surface area (Å²) in [7, 11) is 0. The van der Waals surface area contributed by atoms with Gasteiger partial charge in [-0.15, -0.1) is 0 Å². The van der Waals surface area contributed by atoms with Gasteiger partial charge in [0, 0.05) is 29.5 Å². The van der Waals surface area contributed by atoms with Crippen molar-refractivity contribution in [3.8, 4) is 22.5 Å². The maximum absolute atomic E-state index is 13.5. The van der Waals surface area contributed by atoms with E-state index in [9.17, 15) is 13.6 Å². The summed E-state index contributed by atoms with van der Waals surface area (Å²) >= 11 is 0. The molecule has 4 nitrogen and oxygen atoms in total. The second-order valence-electron chi connectivity index (χ2n) is 6.29. The predicted octanol–water partition coefficient (Wildman–Crippen LogP) is 4.30. The molecule has 0 fully saturated rings. The van der Waals surface area contributed by atoms with E-state index in [4.69, 9.17) is 0 Å². The Hall–Kier alpha value is -3.67. The predicted molar refractivity (Wildman–Crippen MR) is 103 cm³/mol. The highest BCUT2D eigenvalue weighted by Crippen LogP contribution is 2.20. The van der Waals surface area contributed by atoms with Crippen molar-refractivity contribution in [2.24, 2.45) is 0 Å². The van der Waals surface area contributed by atoms with Gasteiger partial charge in [-0.3, -0.25) is 9.78 Å². The van der Waals surface area contributed by atoms with Crippen LogP contribution in [0.5, 0.6) is 0 Å². The summed E-state index contributed by atoms with van der Waals surface area (Å²) in [5.41, 5.74) is 2.90. The molecule has 138 valence electrons. The second kappa shape index (κ2) is 7.52. The van der Waals surface area contributed by atoms with Gasteiger partial charge in [-0.05, 0) is 42.0 Å². The average Bonchev–Trinajstić information content (AvgIpc) is 2.70. The van der Waals surface area contributed by atoms with Crippen LogP contribution < -0.4 is 5.56 Å². The molecule has 2 aromatic heterocycles. The van der Waals surface area contributed by atoms with Crippen LogP contribution in [0.4, 0.5) is 8.78 Å². The van der Waals surface area contributed by atoms with Gasteiger partial charge in [-0.2, -0.15) is 5.10 Å². The molecule has 28 heavy (non-hydrogen) atoms. The lowest BCUT2D eigenvalue weighted by Gasteiger charge is -2.09. The molecule has 0 unspecified atom stereocenters. The van der Waals surface area contributed by atoms with Crippen molar-refractivity contribution in [3.05, 3.63) is 107 Å². The van der Waals surface area contributed by atoms with Crippen molar-refractivity contribution in [3.63, 3.8) is 0 Å². The first-order valence-corrected chi connectivity index (χ1v) is 8.63. The van der Waals surface area contributed by atoms with E-state index >= 15 is 0 Å². The zero-order valence-electron chi connectivity index (χ0n) is 14.7. The molecule has 0 aliphatic rings. The third-order valence-corrected chi connectivity index (χ3v) is 4.24. The minimum atomic E-state index is -0.697. The Morgan fingerprint density at radius 1 is 0.786 bits per heavy atom. The van der Waals surface area contributed by atoms with Crippen LogP contribution in [0, 0.1) is 11.6 Å². The number of rotatable bonds is 4. The summed E-state index contributed by atoms with van der Waals surface area (Å²) in [6, 6.07) is 19.3. The van der Waals surface area contributed by atoms with Crippen molar-refractivity contribution in [1.82, 2.24) is 14.8 Å². The van der Waals surface area contributed by atoms with E-state index in [2.05, 4.69) is 10.1 Å². The van der Waals surface area contributed by atoms with Gasteiger partial charge in [0.15, 0.2) is 0 Å². The molecule has 2 aromatic carbocycles. The van der Waals surface area contributed by atoms with Crippen LogP contribution in [0.2, 0.25) is 0 Å². The molecule has 0 saturated carbocycles. The third kappa shape index (κ3) is 3.86. The fourth-order valence-electron chi connectivity index (χ4n) is 2.95. The minimum Gasteiger partial charge on any atom is -0.268 e. The monoisotopic (exact) mass is 375 g/mol. The SMILES string of the molecule is O=c1ccc(-c2cc(F)cc(F)c2)nn1Cc1cccc(-c2ccccn2)c1. The van der Waals surface area contributed by atoms with Gasteiger partial charge in [-0.1, -0.05) is 24.3 Å². The maximum atomic E-state index is 13.5. The molecule has 0 atom stereocenters. The highest BCUT2D eigenvalue weighted by atomic mass is 19.1. The number of halogens is 2. The molecule has 0 radical (unpaired) electrons. The standard InChI is InChI=1S/C22H15F2N3O/c23-18-11-17(12-19(24)13-18)21-7-8-22(28)27(26-21)14-15-4-3-5-16(10-15)20-6-1-2-9-25-20/h1-13H,14H2. The lowest BCUT2D eigenvalue weighted by atomic mass is 10.1. The quantitative estimate of drug-likeness (QED) is 0.534. The molecule has 4 rings (SSSR count). The van der Waals surface area contributed by atoms with Crippen LogP contribution >= 0.6 is 0 Å². The first-order chi connectivity index (χ1) is 13.6. The molecule has 2 heterocycles. The second-order valence-corrected chi connectivity index (χ2v) is 6.29. The molecule has 6 heteroatoms. The molecule has 0 aliphatic carbocycles. The van der Waals surface area contributed by atoms with Crippen LogP contribution in [0.25, 0.3) is 22.5 Å². The van der Waals surface area contributed by atoms with E-state index < -0.39 is 11.6 Å². The number of aromatic nitrogens is 3. The summed E-state index contributed by atoms with van der Waals surface area (Å²) in [6.45, 7) is 0.227. The van der Waals surface area contributed by atoms with Crippen molar-refractivity contribution in [1.29, 1.82) is 0 Å². The van der Waals surface area contributed by atoms with Crippen LogP contribution in [-0.4, -0.2) is 14.8 Å². The van der Waals surface area contributed by atoms with E-state index in [-0.39, 0.29) is 17.7 Å². The van der Waals surface area contributed by atoms with Gasteiger partial charge < -0.3 is 0 Å². The molecule has 0 bridgehead atoms. The molecular formula is C22H15F2N3O. The number of pyridine rings is 1.